The van der Waals surface area contributed by atoms with E-state index in [9.17, 15) is 4.79 Å². The summed E-state index contributed by atoms with van der Waals surface area (Å²) in [5.74, 6) is 0.225. The third kappa shape index (κ3) is 3.11. The normalized spacial score (nSPS) is 11.3. The first-order chi connectivity index (χ1) is 9.38. The van der Waals surface area contributed by atoms with Gasteiger partial charge >= 0.3 is 5.97 Å². The molecule has 0 atom stereocenters. The second-order valence-electron chi connectivity index (χ2n) is 5.34. The minimum atomic E-state index is -1.01. The lowest BCUT2D eigenvalue weighted by molar-refractivity contribution is -0.139. The van der Waals surface area contributed by atoms with Crippen LogP contribution in [0.25, 0.3) is 5.69 Å². The van der Waals surface area contributed by atoms with Crippen LogP contribution < -0.4 is 4.74 Å². The molecular formula is C13H16N4O3. The van der Waals surface area contributed by atoms with Crippen molar-refractivity contribution in [2.24, 2.45) is 0 Å². The maximum Gasteiger partial charge on any atom is 0.341 e. The van der Waals surface area contributed by atoms with Gasteiger partial charge in [-0.25, -0.2) is 4.79 Å². The Morgan fingerprint density at radius 1 is 1.30 bits per heavy atom. The largest absolute Gasteiger partial charge is 0.482 e. The first-order valence-electron chi connectivity index (χ1n) is 6.12. The van der Waals surface area contributed by atoms with Gasteiger partial charge in [-0.05, 0) is 34.7 Å². The lowest BCUT2D eigenvalue weighted by atomic mass is 9.96. The van der Waals surface area contributed by atoms with Crippen molar-refractivity contribution in [3.8, 4) is 11.4 Å². The number of tetrazole rings is 1. The molecule has 0 amide bonds. The fourth-order valence-corrected chi connectivity index (χ4v) is 1.66. The van der Waals surface area contributed by atoms with E-state index in [1.54, 1.807) is 28.9 Å². The molecule has 1 N–H and O–H groups in total. The number of carboxylic acids is 1. The molecule has 2 aromatic rings. The Morgan fingerprint density at radius 2 is 1.95 bits per heavy atom. The maximum atomic E-state index is 10.4. The van der Waals surface area contributed by atoms with Crippen molar-refractivity contribution in [2.75, 3.05) is 6.61 Å². The lowest BCUT2D eigenvalue weighted by Gasteiger charge is -2.17. The van der Waals surface area contributed by atoms with Gasteiger partial charge in [0.2, 0.25) is 0 Å². The molecule has 2 rings (SSSR count). The summed E-state index contributed by atoms with van der Waals surface area (Å²) >= 11 is 0. The van der Waals surface area contributed by atoms with Gasteiger partial charge in [0.1, 0.15) is 5.75 Å². The Kier molecular flexibility index (Phi) is 3.69. The summed E-state index contributed by atoms with van der Waals surface area (Å²) in [6.07, 6.45) is 0. The molecule has 7 nitrogen and oxygen atoms in total. The molecule has 0 spiro atoms. The molecule has 0 aliphatic rings. The average Bonchev–Trinajstić information content (AvgIpc) is 2.86. The predicted molar refractivity (Wildman–Crippen MR) is 71.0 cm³/mol. The van der Waals surface area contributed by atoms with Crippen LogP contribution in [0.15, 0.2) is 24.3 Å². The summed E-state index contributed by atoms with van der Waals surface area (Å²) in [7, 11) is 0. The van der Waals surface area contributed by atoms with Crippen molar-refractivity contribution in [3.63, 3.8) is 0 Å². The summed E-state index contributed by atoms with van der Waals surface area (Å²) in [6, 6.07) is 6.93. The minimum Gasteiger partial charge on any atom is -0.482 e. The molecule has 0 unspecified atom stereocenters. The Hall–Kier alpha value is -2.44. The van der Waals surface area contributed by atoms with Crippen LogP contribution in [0.2, 0.25) is 0 Å². The van der Waals surface area contributed by atoms with E-state index in [1.807, 2.05) is 20.8 Å². The number of aliphatic carboxylic acids is 1. The molecule has 0 bridgehead atoms. The second kappa shape index (κ2) is 5.28. The lowest BCUT2D eigenvalue weighted by Crippen LogP contribution is -2.18. The number of rotatable bonds is 4. The summed E-state index contributed by atoms with van der Waals surface area (Å²) < 4.78 is 6.73. The molecule has 106 valence electrons. The minimum absolute atomic E-state index is 0.179. The number of ether oxygens (including phenoxy) is 1. The Morgan fingerprint density at radius 3 is 2.50 bits per heavy atom. The molecule has 1 aromatic heterocycles. The van der Waals surface area contributed by atoms with Gasteiger partial charge in [-0.15, -0.1) is 5.10 Å². The van der Waals surface area contributed by atoms with Crippen LogP contribution >= 0.6 is 0 Å². The highest BCUT2D eigenvalue weighted by Gasteiger charge is 2.22. The first kappa shape index (κ1) is 14.0. The molecule has 0 aliphatic carbocycles. The van der Waals surface area contributed by atoms with Crippen LogP contribution in [0, 0.1) is 0 Å². The van der Waals surface area contributed by atoms with Crippen LogP contribution in [-0.2, 0) is 10.2 Å². The van der Waals surface area contributed by atoms with Gasteiger partial charge < -0.3 is 9.84 Å². The quantitative estimate of drug-likeness (QED) is 0.908. The summed E-state index contributed by atoms with van der Waals surface area (Å²) in [4.78, 5) is 10.4. The summed E-state index contributed by atoms with van der Waals surface area (Å²) in [5, 5.41) is 20.3. The number of aromatic nitrogens is 4. The van der Waals surface area contributed by atoms with Gasteiger partial charge in [0.15, 0.2) is 12.4 Å². The van der Waals surface area contributed by atoms with E-state index in [-0.39, 0.29) is 12.0 Å². The molecule has 0 saturated carbocycles. The molecule has 1 heterocycles. The van der Waals surface area contributed by atoms with Gasteiger partial charge in [-0.3, -0.25) is 0 Å². The van der Waals surface area contributed by atoms with Crippen molar-refractivity contribution in [1.29, 1.82) is 0 Å². The van der Waals surface area contributed by atoms with Gasteiger partial charge in [0.25, 0.3) is 0 Å². The van der Waals surface area contributed by atoms with E-state index >= 15 is 0 Å². The van der Waals surface area contributed by atoms with Gasteiger partial charge in [0.05, 0.1) is 5.69 Å². The number of hydrogen-bond acceptors (Lipinski definition) is 5. The highest BCUT2D eigenvalue weighted by molar-refractivity contribution is 5.68. The Bertz CT molecular complexity index is 599. The molecule has 0 radical (unpaired) electrons. The predicted octanol–water partition coefficient (Wildman–Crippen LogP) is 1.42. The molecule has 0 saturated heterocycles. The third-order valence-corrected chi connectivity index (χ3v) is 2.58. The maximum absolute atomic E-state index is 10.4. The number of carbonyl (C=O) groups is 1. The summed E-state index contributed by atoms with van der Waals surface area (Å²) in [5.41, 5.74) is 0.615. The van der Waals surface area contributed by atoms with Crippen LogP contribution in [0.1, 0.15) is 26.6 Å². The average molecular weight is 276 g/mol. The zero-order valence-corrected chi connectivity index (χ0v) is 11.6. The topological polar surface area (TPSA) is 90.1 Å². The Labute approximate surface area is 116 Å². The van der Waals surface area contributed by atoms with Crippen LogP contribution in [-0.4, -0.2) is 37.9 Å². The van der Waals surface area contributed by atoms with E-state index < -0.39 is 5.97 Å². The fraction of sp³-hybridized carbons (Fsp3) is 0.385. The van der Waals surface area contributed by atoms with Crippen LogP contribution in [0.5, 0.6) is 5.75 Å². The standard InChI is InChI=1S/C13H16N4O3/c1-13(2,3)12-14-15-16-17(12)9-4-6-10(7-5-9)20-8-11(18)19/h4-7H,8H2,1-3H3,(H,18,19). The molecule has 0 fully saturated rings. The highest BCUT2D eigenvalue weighted by atomic mass is 16.5. The Balaban J connectivity index is 2.22. The first-order valence-corrected chi connectivity index (χ1v) is 6.12. The third-order valence-electron chi connectivity index (χ3n) is 2.58. The van der Waals surface area contributed by atoms with E-state index in [0.29, 0.717) is 5.75 Å². The van der Waals surface area contributed by atoms with Crippen molar-refractivity contribution in [1.82, 2.24) is 20.2 Å². The van der Waals surface area contributed by atoms with E-state index in [1.165, 1.54) is 0 Å². The number of hydrogen-bond donors (Lipinski definition) is 1. The number of carboxylic acid groups (broad SMARTS) is 1. The SMILES string of the molecule is CC(C)(C)c1nnnn1-c1ccc(OCC(=O)O)cc1. The smallest absolute Gasteiger partial charge is 0.341 e. The van der Waals surface area contributed by atoms with Crippen LogP contribution in [0.4, 0.5) is 0 Å². The molecule has 1 aromatic carbocycles. The molecule has 7 heteroatoms. The van der Waals surface area contributed by atoms with Crippen molar-refractivity contribution in [3.05, 3.63) is 30.1 Å². The zero-order valence-electron chi connectivity index (χ0n) is 11.6. The fourth-order valence-electron chi connectivity index (χ4n) is 1.66. The van der Waals surface area contributed by atoms with Crippen LogP contribution in [0.3, 0.4) is 0 Å². The van der Waals surface area contributed by atoms with Crippen molar-refractivity contribution >= 4 is 5.97 Å². The van der Waals surface area contributed by atoms with Gasteiger partial charge in [-0.2, -0.15) is 4.68 Å². The van der Waals surface area contributed by atoms with Gasteiger partial charge in [-0.1, -0.05) is 20.8 Å². The molecular weight excluding hydrogens is 260 g/mol. The number of benzene rings is 1. The zero-order chi connectivity index (χ0) is 14.8. The van der Waals surface area contributed by atoms with E-state index in [0.717, 1.165) is 11.5 Å². The van der Waals surface area contributed by atoms with E-state index in [4.69, 9.17) is 9.84 Å². The van der Waals surface area contributed by atoms with Crippen molar-refractivity contribution < 1.29 is 14.6 Å². The number of nitrogens with zero attached hydrogens (tertiary/aromatic N) is 4. The molecule has 20 heavy (non-hydrogen) atoms. The van der Waals surface area contributed by atoms with Crippen molar-refractivity contribution in [2.45, 2.75) is 26.2 Å². The van der Waals surface area contributed by atoms with Gasteiger partial charge in [0, 0.05) is 5.41 Å². The highest BCUT2D eigenvalue weighted by Crippen LogP contribution is 2.22. The monoisotopic (exact) mass is 276 g/mol. The molecule has 0 aliphatic heterocycles. The second-order valence-corrected chi connectivity index (χ2v) is 5.34. The van der Waals surface area contributed by atoms with E-state index in [2.05, 4.69) is 15.5 Å². The summed E-state index contributed by atoms with van der Waals surface area (Å²) in [6.45, 7) is 5.72.